The third-order valence-corrected chi connectivity index (χ3v) is 3.79. The quantitative estimate of drug-likeness (QED) is 0.667. The highest BCUT2D eigenvalue weighted by atomic mass is 79.9. The predicted octanol–water partition coefficient (Wildman–Crippen LogP) is 3.78. The lowest BCUT2D eigenvalue weighted by atomic mass is 9.92. The Hall–Kier alpha value is -0.0600. The number of amides is 1. The largest absolute Gasteiger partial charge is 0.346 e. The van der Waals surface area contributed by atoms with Crippen molar-refractivity contribution in [2.75, 3.05) is 6.54 Å². The lowest BCUT2D eigenvalue weighted by molar-refractivity contribution is 0.259. The summed E-state index contributed by atoms with van der Waals surface area (Å²) in [5.41, 5.74) is -0.0821. The minimum atomic E-state index is -0.187. The van der Waals surface area contributed by atoms with E-state index < -0.39 is 0 Å². The summed E-state index contributed by atoms with van der Waals surface area (Å²) in [6, 6.07) is 3.87. The van der Waals surface area contributed by atoms with E-state index in [1.54, 1.807) is 11.3 Å². The highest BCUT2D eigenvalue weighted by Gasteiger charge is 2.22. The molecule has 0 aliphatic rings. The molecule has 1 amide bonds. The zero-order chi connectivity index (χ0) is 10.8. The van der Waals surface area contributed by atoms with E-state index in [1.807, 2.05) is 12.1 Å². The number of rotatable bonds is 3. The van der Waals surface area contributed by atoms with Gasteiger partial charge in [-0.3, -0.25) is 4.79 Å². The molecule has 0 saturated carbocycles. The van der Waals surface area contributed by atoms with Gasteiger partial charge < -0.3 is 5.32 Å². The van der Waals surface area contributed by atoms with Crippen LogP contribution in [-0.4, -0.2) is 11.4 Å². The van der Waals surface area contributed by atoms with Gasteiger partial charge in [0, 0.05) is 32.8 Å². The highest BCUT2D eigenvalue weighted by Crippen LogP contribution is 2.31. The van der Waals surface area contributed by atoms with Crippen LogP contribution in [0.25, 0.3) is 0 Å². The molecule has 0 atom stereocenters. The molecule has 1 heterocycles. The highest BCUT2D eigenvalue weighted by molar-refractivity contribution is 9.18. The molecular formula is C9H11BrClNOS. The van der Waals surface area contributed by atoms with Crippen molar-refractivity contribution >= 4 is 43.7 Å². The van der Waals surface area contributed by atoms with Crippen LogP contribution >= 0.6 is 38.9 Å². The molecule has 0 fully saturated rings. The van der Waals surface area contributed by atoms with Crippen LogP contribution < -0.4 is 5.32 Å². The summed E-state index contributed by atoms with van der Waals surface area (Å²) in [6.45, 7) is 4.73. The molecule has 1 aromatic rings. The van der Waals surface area contributed by atoms with Gasteiger partial charge in [-0.2, -0.15) is 0 Å². The monoisotopic (exact) mass is 295 g/mol. The summed E-state index contributed by atoms with van der Waals surface area (Å²) in [7, 11) is 0. The Morgan fingerprint density at radius 1 is 1.64 bits per heavy atom. The average molecular weight is 297 g/mol. The molecule has 0 bridgehead atoms. The maximum absolute atomic E-state index is 10.7. The lowest BCUT2D eigenvalue weighted by Crippen LogP contribution is -2.33. The van der Waals surface area contributed by atoms with Crippen molar-refractivity contribution in [2.24, 2.45) is 0 Å². The number of thiophene rings is 1. The third kappa shape index (κ3) is 3.26. The van der Waals surface area contributed by atoms with Crippen molar-refractivity contribution in [1.82, 2.24) is 5.32 Å². The summed E-state index contributed by atoms with van der Waals surface area (Å²) in [5.74, 6) is 0. The van der Waals surface area contributed by atoms with Gasteiger partial charge in [-0.05, 0) is 12.1 Å². The molecule has 0 radical (unpaired) electrons. The Morgan fingerprint density at radius 3 is 2.71 bits per heavy atom. The topological polar surface area (TPSA) is 29.1 Å². The number of halogens is 2. The standard InChI is InChI=1S/C9H11BrClNOS/c1-9(2,5-12-8(10)13)6-3-4-7(11)14-6/h3-4H,5H2,1-2H3,(H,12,13). The molecule has 5 heteroatoms. The van der Waals surface area contributed by atoms with Crippen LogP contribution in [0.4, 0.5) is 4.79 Å². The van der Waals surface area contributed by atoms with Crippen molar-refractivity contribution in [3.63, 3.8) is 0 Å². The Bertz CT molecular complexity index is 337. The third-order valence-electron chi connectivity index (χ3n) is 1.91. The molecule has 1 aromatic heterocycles. The lowest BCUT2D eigenvalue weighted by Gasteiger charge is -2.22. The first-order chi connectivity index (χ1) is 6.42. The average Bonchev–Trinajstić information content (AvgIpc) is 2.49. The molecule has 0 aliphatic carbocycles. The first-order valence-corrected chi connectivity index (χ1v) is 6.10. The van der Waals surface area contributed by atoms with Crippen LogP contribution in [-0.2, 0) is 5.41 Å². The van der Waals surface area contributed by atoms with Crippen LogP contribution in [0.1, 0.15) is 18.7 Å². The van der Waals surface area contributed by atoms with Gasteiger partial charge in [0.2, 0.25) is 0 Å². The normalized spacial score (nSPS) is 11.4. The summed E-state index contributed by atoms with van der Waals surface area (Å²) in [6.07, 6.45) is 0. The molecule has 0 aliphatic heterocycles. The van der Waals surface area contributed by atoms with Crippen LogP contribution in [0.3, 0.4) is 0 Å². The zero-order valence-electron chi connectivity index (χ0n) is 7.93. The summed E-state index contributed by atoms with van der Waals surface area (Å²) in [4.78, 5) is 11.7. The zero-order valence-corrected chi connectivity index (χ0v) is 11.1. The van der Waals surface area contributed by atoms with Gasteiger partial charge in [-0.15, -0.1) is 11.3 Å². The van der Waals surface area contributed by atoms with E-state index in [4.69, 9.17) is 11.6 Å². The second kappa shape index (κ2) is 4.64. The van der Waals surface area contributed by atoms with E-state index in [2.05, 4.69) is 35.1 Å². The van der Waals surface area contributed by atoms with Gasteiger partial charge in [0.25, 0.3) is 4.82 Å². The van der Waals surface area contributed by atoms with E-state index in [9.17, 15) is 4.79 Å². The molecule has 1 N–H and O–H groups in total. The molecule has 0 saturated heterocycles. The molecule has 2 nitrogen and oxygen atoms in total. The van der Waals surface area contributed by atoms with Gasteiger partial charge in [-0.1, -0.05) is 25.4 Å². The van der Waals surface area contributed by atoms with Gasteiger partial charge in [0.1, 0.15) is 0 Å². The van der Waals surface area contributed by atoms with E-state index in [0.717, 1.165) is 4.34 Å². The summed E-state index contributed by atoms with van der Waals surface area (Å²) >= 11 is 10.2. The fourth-order valence-electron chi connectivity index (χ4n) is 1.06. The first kappa shape index (κ1) is 12.0. The molecule has 78 valence electrons. The molecule has 0 aromatic carbocycles. The SMILES string of the molecule is CC(C)(CNC(=O)Br)c1ccc(Cl)s1. The van der Waals surface area contributed by atoms with E-state index >= 15 is 0 Å². The van der Waals surface area contributed by atoms with Crippen LogP contribution in [0.15, 0.2) is 12.1 Å². The van der Waals surface area contributed by atoms with Gasteiger partial charge in [0.15, 0.2) is 0 Å². The maximum atomic E-state index is 10.7. The first-order valence-electron chi connectivity index (χ1n) is 4.11. The molecular weight excluding hydrogens is 286 g/mol. The van der Waals surface area contributed by atoms with Crippen molar-refractivity contribution in [1.29, 1.82) is 0 Å². The Balaban J connectivity index is 2.69. The van der Waals surface area contributed by atoms with Gasteiger partial charge >= 0.3 is 0 Å². The number of nitrogens with one attached hydrogen (secondary N) is 1. The Labute approximate surface area is 101 Å². The Morgan fingerprint density at radius 2 is 2.29 bits per heavy atom. The molecule has 0 spiro atoms. The maximum Gasteiger partial charge on any atom is 0.287 e. The number of hydrogen-bond donors (Lipinski definition) is 1. The second-order valence-electron chi connectivity index (χ2n) is 3.61. The number of carbonyl (C=O) groups excluding carboxylic acids is 1. The molecule has 0 unspecified atom stereocenters. The van der Waals surface area contributed by atoms with Gasteiger partial charge in [0.05, 0.1) is 4.34 Å². The van der Waals surface area contributed by atoms with Crippen molar-refractivity contribution in [2.45, 2.75) is 19.3 Å². The number of carbonyl (C=O) groups is 1. The van der Waals surface area contributed by atoms with Gasteiger partial charge in [-0.25, -0.2) is 0 Å². The minimum Gasteiger partial charge on any atom is -0.346 e. The van der Waals surface area contributed by atoms with Crippen LogP contribution in [0.2, 0.25) is 4.34 Å². The summed E-state index contributed by atoms with van der Waals surface area (Å²) < 4.78 is 0.776. The number of hydrogen-bond acceptors (Lipinski definition) is 2. The van der Waals surface area contributed by atoms with Crippen molar-refractivity contribution in [3.8, 4) is 0 Å². The van der Waals surface area contributed by atoms with E-state index in [0.29, 0.717) is 6.54 Å². The second-order valence-corrected chi connectivity index (χ2v) is 6.05. The van der Waals surface area contributed by atoms with Crippen LogP contribution in [0.5, 0.6) is 0 Å². The van der Waals surface area contributed by atoms with Crippen LogP contribution in [0, 0.1) is 0 Å². The smallest absolute Gasteiger partial charge is 0.287 e. The fourth-order valence-corrected chi connectivity index (χ4v) is 2.34. The Kier molecular flexibility index (Phi) is 3.98. The summed E-state index contributed by atoms with van der Waals surface area (Å²) in [5, 5.41) is 2.73. The molecule has 1 rings (SSSR count). The van der Waals surface area contributed by atoms with Crippen molar-refractivity contribution in [3.05, 3.63) is 21.3 Å². The minimum absolute atomic E-state index is 0.0821. The fraction of sp³-hybridized carbons (Fsp3) is 0.444. The van der Waals surface area contributed by atoms with Crippen molar-refractivity contribution < 1.29 is 4.79 Å². The van der Waals surface area contributed by atoms with E-state index in [1.165, 1.54) is 4.88 Å². The predicted molar refractivity (Wildman–Crippen MR) is 64.7 cm³/mol. The van der Waals surface area contributed by atoms with E-state index in [-0.39, 0.29) is 10.2 Å². The molecule has 14 heavy (non-hydrogen) atoms.